The highest BCUT2D eigenvalue weighted by Gasteiger charge is 2.20. The van der Waals surface area contributed by atoms with Crippen LogP contribution in [0.15, 0.2) is 24.3 Å². The number of rotatable bonds is 5. The summed E-state index contributed by atoms with van der Waals surface area (Å²) in [6.07, 6.45) is 3.50. The van der Waals surface area contributed by atoms with Crippen LogP contribution >= 0.6 is 0 Å². The number of likely N-dealkylation sites (tertiary alicyclic amines) is 1. The van der Waals surface area contributed by atoms with E-state index in [1.807, 2.05) is 0 Å². The molecule has 1 aromatic carbocycles. The van der Waals surface area contributed by atoms with Gasteiger partial charge in [0.2, 0.25) is 0 Å². The molecule has 0 radical (unpaired) electrons. The Kier molecular flexibility index (Phi) is 4.97. The third kappa shape index (κ3) is 4.35. The van der Waals surface area contributed by atoms with Crippen LogP contribution in [0.4, 0.5) is 0 Å². The minimum atomic E-state index is -0.670. The van der Waals surface area contributed by atoms with E-state index in [0.717, 1.165) is 26.1 Å². The number of nitrogens with zero attached hydrogens (tertiary/aromatic N) is 1. The molecule has 0 bridgehead atoms. The molecule has 0 aromatic heterocycles. The van der Waals surface area contributed by atoms with Crippen LogP contribution in [0.2, 0.25) is 0 Å². The van der Waals surface area contributed by atoms with Crippen LogP contribution in [0.5, 0.6) is 0 Å². The van der Waals surface area contributed by atoms with Crippen molar-refractivity contribution in [2.45, 2.75) is 39.2 Å². The number of hydrogen-bond acceptors (Lipinski definition) is 2. The minimum Gasteiger partial charge on any atom is -0.481 e. The van der Waals surface area contributed by atoms with Crippen molar-refractivity contribution < 1.29 is 9.90 Å². The second kappa shape index (κ2) is 6.71. The van der Waals surface area contributed by atoms with Crippen LogP contribution in [0, 0.1) is 12.8 Å². The number of hydrogen-bond donors (Lipinski definition) is 1. The smallest absolute Gasteiger partial charge is 0.303 e. The van der Waals surface area contributed by atoms with Crippen molar-refractivity contribution in [2.75, 3.05) is 13.1 Å². The molecule has 0 saturated carbocycles. The summed E-state index contributed by atoms with van der Waals surface area (Å²) in [4.78, 5) is 13.1. The van der Waals surface area contributed by atoms with E-state index in [1.165, 1.54) is 24.0 Å². The van der Waals surface area contributed by atoms with E-state index in [1.54, 1.807) is 0 Å². The van der Waals surface area contributed by atoms with Gasteiger partial charge in [-0.2, -0.15) is 0 Å². The molecule has 1 saturated heterocycles. The van der Waals surface area contributed by atoms with Crippen molar-refractivity contribution in [1.82, 2.24) is 4.90 Å². The zero-order valence-corrected chi connectivity index (χ0v) is 11.6. The number of carboxylic acids is 1. The predicted octanol–water partition coefficient (Wildman–Crippen LogP) is 3.07. The van der Waals surface area contributed by atoms with Gasteiger partial charge in [-0.3, -0.25) is 9.69 Å². The molecule has 1 atom stereocenters. The fourth-order valence-corrected chi connectivity index (χ4v) is 2.89. The average molecular weight is 261 g/mol. The number of piperidine rings is 1. The van der Waals surface area contributed by atoms with Crippen LogP contribution in [0.1, 0.15) is 36.8 Å². The third-order valence-corrected chi connectivity index (χ3v) is 4.02. The molecule has 3 heteroatoms. The maximum Gasteiger partial charge on any atom is 0.303 e. The summed E-state index contributed by atoms with van der Waals surface area (Å²) in [6, 6.07) is 8.51. The van der Waals surface area contributed by atoms with E-state index in [2.05, 4.69) is 36.1 Å². The molecule has 3 nitrogen and oxygen atoms in total. The summed E-state index contributed by atoms with van der Waals surface area (Å²) >= 11 is 0. The van der Waals surface area contributed by atoms with Crippen molar-refractivity contribution >= 4 is 5.97 Å². The summed E-state index contributed by atoms with van der Waals surface area (Å²) in [7, 11) is 0. The Morgan fingerprint density at radius 3 is 2.95 bits per heavy atom. The van der Waals surface area contributed by atoms with E-state index in [4.69, 9.17) is 5.11 Å². The fraction of sp³-hybridized carbons (Fsp3) is 0.562. The first-order valence-corrected chi connectivity index (χ1v) is 7.14. The van der Waals surface area contributed by atoms with Crippen LogP contribution in [0.25, 0.3) is 0 Å². The van der Waals surface area contributed by atoms with Gasteiger partial charge in [0.1, 0.15) is 0 Å². The zero-order chi connectivity index (χ0) is 13.7. The lowest BCUT2D eigenvalue weighted by molar-refractivity contribution is -0.137. The minimum absolute atomic E-state index is 0.308. The first-order valence-electron chi connectivity index (χ1n) is 7.14. The maximum absolute atomic E-state index is 10.6. The lowest BCUT2D eigenvalue weighted by Crippen LogP contribution is -2.35. The molecular formula is C16H23NO2. The molecular weight excluding hydrogens is 238 g/mol. The fourth-order valence-electron chi connectivity index (χ4n) is 2.89. The van der Waals surface area contributed by atoms with E-state index < -0.39 is 5.97 Å². The van der Waals surface area contributed by atoms with Gasteiger partial charge in [-0.1, -0.05) is 24.3 Å². The topological polar surface area (TPSA) is 40.5 Å². The van der Waals surface area contributed by atoms with Crippen LogP contribution in [-0.2, 0) is 11.3 Å². The molecule has 1 fully saturated rings. The monoisotopic (exact) mass is 261 g/mol. The van der Waals surface area contributed by atoms with Crippen molar-refractivity contribution in [2.24, 2.45) is 5.92 Å². The molecule has 0 amide bonds. The summed E-state index contributed by atoms with van der Waals surface area (Å²) in [6.45, 7) is 5.33. The first-order chi connectivity index (χ1) is 9.15. The second-order valence-corrected chi connectivity index (χ2v) is 5.60. The molecule has 0 spiro atoms. The highest BCUT2D eigenvalue weighted by atomic mass is 16.4. The maximum atomic E-state index is 10.6. The van der Waals surface area contributed by atoms with Crippen molar-refractivity contribution in [1.29, 1.82) is 0 Å². The zero-order valence-electron chi connectivity index (χ0n) is 11.6. The van der Waals surface area contributed by atoms with Crippen molar-refractivity contribution in [3.05, 3.63) is 35.4 Å². The van der Waals surface area contributed by atoms with Gasteiger partial charge in [0.05, 0.1) is 0 Å². The SMILES string of the molecule is Cc1ccccc1CN1CCCC(CCC(=O)O)C1. The molecule has 0 aliphatic carbocycles. The Hall–Kier alpha value is -1.35. The summed E-state index contributed by atoms with van der Waals surface area (Å²) < 4.78 is 0. The third-order valence-electron chi connectivity index (χ3n) is 4.02. The molecule has 104 valence electrons. The largest absolute Gasteiger partial charge is 0.481 e. The van der Waals surface area contributed by atoms with E-state index in [9.17, 15) is 4.79 Å². The van der Waals surface area contributed by atoms with Gasteiger partial charge in [0.25, 0.3) is 0 Å². The summed E-state index contributed by atoms with van der Waals surface area (Å²) in [5.74, 6) is -0.120. The highest BCUT2D eigenvalue weighted by Crippen LogP contribution is 2.23. The van der Waals surface area contributed by atoms with Gasteiger partial charge in [-0.15, -0.1) is 0 Å². The van der Waals surface area contributed by atoms with Gasteiger partial charge in [-0.25, -0.2) is 0 Å². The van der Waals surface area contributed by atoms with E-state index in [0.29, 0.717) is 12.3 Å². The Balaban J connectivity index is 1.87. The number of aliphatic carboxylic acids is 1. The Morgan fingerprint density at radius 2 is 2.21 bits per heavy atom. The molecule has 1 aliphatic heterocycles. The van der Waals surface area contributed by atoms with Gasteiger partial charge < -0.3 is 5.11 Å². The molecule has 2 rings (SSSR count). The van der Waals surface area contributed by atoms with Crippen LogP contribution in [-0.4, -0.2) is 29.1 Å². The number of carbonyl (C=O) groups is 1. The molecule has 1 N–H and O–H groups in total. The van der Waals surface area contributed by atoms with Crippen LogP contribution in [0.3, 0.4) is 0 Å². The Labute approximate surface area is 115 Å². The van der Waals surface area contributed by atoms with Gasteiger partial charge in [0, 0.05) is 19.5 Å². The molecule has 19 heavy (non-hydrogen) atoms. The molecule has 1 heterocycles. The standard InChI is InChI=1S/C16H23NO2/c1-13-5-2-3-7-15(13)12-17-10-4-6-14(11-17)8-9-16(18)19/h2-3,5,7,14H,4,6,8-12H2,1H3,(H,18,19). The molecule has 1 unspecified atom stereocenters. The number of benzene rings is 1. The Bertz CT molecular complexity index is 431. The lowest BCUT2D eigenvalue weighted by atomic mass is 9.93. The van der Waals surface area contributed by atoms with Gasteiger partial charge in [0.15, 0.2) is 0 Å². The second-order valence-electron chi connectivity index (χ2n) is 5.60. The number of aryl methyl sites for hydroxylation is 1. The molecule has 1 aliphatic rings. The van der Waals surface area contributed by atoms with Crippen molar-refractivity contribution in [3.63, 3.8) is 0 Å². The van der Waals surface area contributed by atoms with E-state index >= 15 is 0 Å². The summed E-state index contributed by atoms with van der Waals surface area (Å²) in [5.41, 5.74) is 2.73. The van der Waals surface area contributed by atoms with Gasteiger partial charge >= 0.3 is 5.97 Å². The van der Waals surface area contributed by atoms with Crippen molar-refractivity contribution in [3.8, 4) is 0 Å². The van der Waals surface area contributed by atoms with Crippen LogP contribution < -0.4 is 0 Å². The predicted molar refractivity (Wildman–Crippen MR) is 76.0 cm³/mol. The lowest BCUT2D eigenvalue weighted by Gasteiger charge is -2.33. The quantitative estimate of drug-likeness (QED) is 0.885. The Morgan fingerprint density at radius 1 is 1.42 bits per heavy atom. The molecule has 1 aromatic rings. The normalized spacial score (nSPS) is 20.4. The number of carboxylic acid groups (broad SMARTS) is 1. The average Bonchev–Trinajstić information content (AvgIpc) is 2.40. The van der Waals surface area contributed by atoms with Gasteiger partial charge in [-0.05, 0) is 49.8 Å². The van der Waals surface area contributed by atoms with E-state index in [-0.39, 0.29) is 0 Å². The first kappa shape index (κ1) is 14.1. The summed E-state index contributed by atoms with van der Waals surface area (Å²) in [5, 5.41) is 8.77. The highest BCUT2D eigenvalue weighted by molar-refractivity contribution is 5.66.